The first-order chi connectivity index (χ1) is 13.9. The van der Waals surface area contributed by atoms with E-state index in [1.54, 1.807) is 31.2 Å². The van der Waals surface area contributed by atoms with Crippen LogP contribution in [0.4, 0.5) is 5.69 Å². The van der Waals surface area contributed by atoms with E-state index in [9.17, 15) is 9.59 Å². The van der Waals surface area contributed by atoms with Crippen LogP contribution in [0.15, 0.2) is 48.5 Å². The van der Waals surface area contributed by atoms with Crippen molar-refractivity contribution in [3.63, 3.8) is 0 Å². The number of carbonyl (C=O) groups excluding carboxylic acids is 2. The monoisotopic (exact) mass is 397 g/mol. The lowest BCUT2D eigenvalue weighted by molar-refractivity contribution is -0.116. The summed E-state index contributed by atoms with van der Waals surface area (Å²) in [6, 6.07) is 14.8. The summed E-state index contributed by atoms with van der Waals surface area (Å²) in [4.78, 5) is 23.7. The zero-order valence-electron chi connectivity index (χ0n) is 17.8. The van der Waals surface area contributed by atoms with E-state index in [2.05, 4.69) is 38.2 Å². The second kappa shape index (κ2) is 10.6. The van der Waals surface area contributed by atoms with E-state index in [0.29, 0.717) is 37.3 Å². The molecule has 0 atom stereocenters. The van der Waals surface area contributed by atoms with E-state index in [1.165, 1.54) is 5.56 Å². The fraction of sp³-hybridized carbons (Fsp3) is 0.417. The highest BCUT2D eigenvalue weighted by atomic mass is 16.5. The summed E-state index contributed by atoms with van der Waals surface area (Å²) in [5.74, 6) is 0.363. The molecule has 0 saturated carbocycles. The topological polar surface area (TPSA) is 64.6 Å². The van der Waals surface area contributed by atoms with Gasteiger partial charge < -0.3 is 14.8 Å². The number of anilines is 1. The molecular weight excluding hydrogens is 366 g/mol. The Morgan fingerprint density at radius 3 is 2.21 bits per heavy atom. The Kier molecular flexibility index (Phi) is 8.25. The Labute approximate surface area is 173 Å². The van der Waals surface area contributed by atoms with Crippen molar-refractivity contribution in [2.24, 2.45) is 0 Å². The summed E-state index contributed by atoms with van der Waals surface area (Å²) in [6.07, 6.45) is 2.06. The van der Waals surface area contributed by atoms with Crippen molar-refractivity contribution in [1.82, 2.24) is 0 Å². The number of esters is 1. The molecule has 1 amide bonds. The summed E-state index contributed by atoms with van der Waals surface area (Å²) in [7, 11) is 0. The molecule has 0 saturated heterocycles. The Balaban J connectivity index is 1.72. The van der Waals surface area contributed by atoms with Gasteiger partial charge >= 0.3 is 5.97 Å². The molecule has 0 fully saturated rings. The standard InChI is InChI=1S/C24H31NO4/c1-5-24(3,4)19-11-15-21(16-12-19)29-17-7-8-22(26)25-20-13-9-18(10-14-20)23(27)28-6-2/h9-16H,5-8,17H2,1-4H3,(H,25,26). The first kappa shape index (κ1) is 22.5. The third kappa shape index (κ3) is 6.93. The molecule has 5 heteroatoms. The molecule has 0 spiro atoms. The molecule has 0 aromatic heterocycles. The number of ether oxygens (including phenoxy) is 2. The molecule has 0 bridgehead atoms. The number of carbonyl (C=O) groups is 2. The first-order valence-electron chi connectivity index (χ1n) is 10.2. The van der Waals surface area contributed by atoms with Gasteiger partial charge in [0.2, 0.25) is 5.91 Å². The summed E-state index contributed by atoms with van der Waals surface area (Å²) in [5, 5.41) is 2.82. The van der Waals surface area contributed by atoms with Gasteiger partial charge in [0.25, 0.3) is 0 Å². The molecule has 0 heterocycles. The van der Waals surface area contributed by atoms with Gasteiger partial charge in [0.05, 0.1) is 18.8 Å². The molecule has 156 valence electrons. The minimum absolute atomic E-state index is 0.0856. The summed E-state index contributed by atoms with van der Waals surface area (Å²) in [6.45, 7) is 9.21. The molecule has 29 heavy (non-hydrogen) atoms. The van der Waals surface area contributed by atoms with Crippen molar-refractivity contribution in [3.05, 3.63) is 59.7 Å². The normalized spacial score (nSPS) is 11.0. The lowest BCUT2D eigenvalue weighted by Crippen LogP contribution is -2.15. The molecule has 5 nitrogen and oxygen atoms in total. The van der Waals surface area contributed by atoms with Crippen molar-refractivity contribution in [1.29, 1.82) is 0 Å². The number of hydrogen-bond donors (Lipinski definition) is 1. The first-order valence-corrected chi connectivity index (χ1v) is 10.2. The van der Waals surface area contributed by atoms with Gasteiger partial charge in [0.1, 0.15) is 5.75 Å². The lowest BCUT2D eigenvalue weighted by atomic mass is 9.82. The van der Waals surface area contributed by atoms with Gasteiger partial charge in [-0.15, -0.1) is 0 Å². The van der Waals surface area contributed by atoms with E-state index in [0.717, 1.165) is 12.2 Å². The van der Waals surface area contributed by atoms with E-state index in [4.69, 9.17) is 9.47 Å². The summed E-state index contributed by atoms with van der Waals surface area (Å²) >= 11 is 0. The zero-order chi connectivity index (χ0) is 21.3. The van der Waals surface area contributed by atoms with Crippen LogP contribution in [0.3, 0.4) is 0 Å². The van der Waals surface area contributed by atoms with E-state index < -0.39 is 0 Å². The molecule has 2 rings (SSSR count). The number of amides is 1. The fourth-order valence-corrected chi connectivity index (χ4v) is 2.76. The van der Waals surface area contributed by atoms with Crippen LogP contribution in [0, 0.1) is 0 Å². The van der Waals surface area contributed by atoms with Crippen LogP contribution in [0.2, 0.25) is 0 Å². The maximum Gasteiger partial charge on any atom is 0.338 e. The molecule has 0 aliphatic heterocycles. The fourth-order valence-electron chi connectivity index (χ4n) is 2.76. The van der Waals surface area contributed by atoms with Crippen molar-refractivity contribution in [3.8, 4) is 5.75 Å². The Morgan fingerprint density at radius 2 is 1.62 bits per heavy atom. The SMILES string of the molecule is CCOC(=O)c1ccc(NC(=O)CCCOc2ccc(C(C)(C)CC)cc2)cc1. The second-order valence-electron chi connectivity index (χ2n) is 7.56. The molecule has 1 N–H and O–H groups in total. The van der Waals surface area contributed by atoms with Crippen molar-refractivity contribution in [2.75, 3.05) is 18.5 Å². The molecule has 0 aliphatic rings. The van der Waals surface area contributed by atoms with Crippen molar-refractivity contribution < 1.29 is 19.1 Å². The van der Waals surface area contributed by atoms with Gasteiger partial charge in [-0.25, -0.2) is 4.79 Å². The highest BCUT2D eigenvalue weighted by Gasteiger charge is 2.17. The maximum absolute atomic E-state index is 12.1. The van der Waals surface area contributed by atoms with Crippen LogP contribution in [-0.4, -0.2) is 25.1 Å². The van der Waals surface area contributed by atoms with Crippen molar-refractivity contribution >= 4 is 17.6 Å². The van der Waals surface area contributed by atoms with Crippen LogP contribution in [0.1, 0.15) is 62.9 Å². The Morgan fingerprint density at radius 1 is 0.966 bits per heavy atom. The number of benzene rings is 2. The molecule has 0 unspecified atom stereocenters. The number of nitrogens with one attached hydrogen (secondary N) is 1. The highest BCUT2D eigenvalue weighted by molar-refractivity contribution is 5.93. The van der Waals surface area contributed by atoms with Crippen LogP contribution in [0.25, 0.3) is 0 Å². The summed E-state index contributed by atoms with van der Waals surface area (Å²) in [5.41, 5.74) is 2.57. The van der Waals surface area contributed by atoms with Gasteiger partial charge in [-0.3, -0.25) is 4.79 Å². The van der Waals surface area contributed by atoms with Gasteiger partial charge in [-0.1, -0.05) is 32.9 Å². The van der Waals surface area contributed by atoms with Crippen molar-refractivity contribution in [2.45, 2.75) is 52.4 Å². The molecular formula is C24H31NO4. The predicted octanol–water partition coefficient (Wildman–Crippen LogP) is 5.35. The largest absolute Gasteiger partial charge is 0.494 e. The molecule has 2 aromatic rings. The molecule has 0 radical (unpaired) electrons. The lowest BCUT2D eigenvalue weighted by Gasteiger charge is -2.23. The van der Waals surface area contributed by atoms with Gasteiger partial charge in [-0.05, 0) is 67.1 Å². The highest BCUT2D eigenvalue weighted by Crippen LogP contribution is 2.28. The minimum Gasteiger partial charge on any atom is -0.494 e. The average Bonchev–Trinajstić information content (AvgIpc) is 2.72. The van der Waals surface area contributed by atoms with Gasteiger partial charge in [0.15, 0.2) is 0 Å². The third-order valence-electron chi connectivity index (χ3n) is 5.02. The second-order valence-corrected chi connectivity index (χ2v) is 7.56. The van der Waals surface area contributed by atoms with E-state index in [-0.39, 0.29) is 17.3 Å². The molecule has 2 aromatic carbocycles. The average molecular weight is 398 g/mol. The smallest absolute Gasteiger partial charge is 0.338 e. The maximum atomic E-state index is 12.1. The Bertz CT molecular complexity index is 795. The van der Waals surface area contributed by atoms with Gasteiger partial charge in [0, 0.05) is 12.1 Å². The van der Waals surface area contributed by atoms with Crippen LogP contribution >= 0.6 is 0 Å². The van der Waals surface area contributed by atoms with Crippen LogP contribution in [-0.2, 0) is 14.9 Å². The summed E-state index contributed by atoms with van der Waals surface area (Å²) < 4.78 is 10.7. The van der Waals surface area contributed by atoms with E-state index in [1.807, 2.05) is 12.1 Å². The van der Waals surface area contributed by atoms with Crippen LogP contribution < -0.4 is 10.1 Å². The van der Waals surface area contributed by atoms with E-state index >= 15 is 0 Å². The zero-order valence-corrected chi connectivity index (χ0v) is 17.8. The number of rotatable bonds is 10. The minimum atomic E-state index is -0.367. The molecule has 0 aliphatic carbocycles. The van der Waals surface area contributed by atoms with Gasteiger partial charge in [-0.2, -0.15) is 0 Å². The predicted molar refractivity (Wildman–Crippen MR) is 116 cm³/mol. The quantitative estimate of drug-likeness (QED) is 0.434. The number of hydrogen-bond acceptors (Lipinski definition) is 4. The third-order valence-corrected chi connectivity index (χ3v) is 5.02. The Hall–Kier alpha value is -2.82. The van der Waals surface area contributed by atoms with Crippen LogP contribution in [0.5, 0.6) is 5.75 Å².